The standard InChI is InChI=1S/C12H12N6O/c1-18-7-8(6-14-18)9-5-11(17-13)16-12(15-9)10-3-2-4-19-10/h2-7H,13H2,1H3,(H,15,16,17). The quantitative estimate of drug-likeness (QED) is 0.543. The third kappa shape index (κ3) is 2.18. The maximum absolute atomic E-state index is 5.43. The van der Waals surface area contributed by atoms with Crippen LogP contribution in [0.5, 0.6) is 0 Å². The molecule has 3 rings (SSSR count). The molecule has 7 nitrogen and oxygen atoms in total. The Morgan fingerprint density at radius 1 is 1.37 bits per heavy atom. The minimum absolute atomic E-state index is 0.472. The lowest BCUT2D eigenvalue weighted by Crippen LogP contribution is -2.09. The molecule has 0 bridgehead atoms. The van der Waals surface area contributed by atoms with Crippen LogP contribution >= 0.6 is 0 Å². The van der Waals surface area contributed by atoms with Gasteiger partial charge in [0.15, 0.2) is 11.6 Å². The third-order valence-corrected chi connectivity index (χ3v) is 2.62. The van der Waals surface area contributed by atoms with E-state index in [0.29, 0.717) is 17.4 Å². The maximum Gasteiger partial charge on any atom is 0.198 e. The van der Waals surface area contributed by atoms with Crippen molar-refractivity contribution in [2.45, 2.75) is 0 Å². The van der Waals surface area contributed by atoms with Crippen molar-refractivity contribution >= 4 is 5.82 Å². The number of hydrogen-bond acceptors (Lipinski definition) is 6. The zero-order chi connectivity index (χ0) is 13.2. The number of hydrogen-bond donors (Lipinski definition) is 2. The summed E-state index contributed by atoms with van der Waals surface area (Å²) in [5.41, 5.74) is 4.13. The summed E-state index contributed by atoms with van der Waals surface area (Å²) in [6, 6.07) is 5.33. The Balaban J connectivity index is 2.12. The van der Waals surface area contributed by atoms with E-state index >= 15 is 0 Å². The van der Waals surface area contributed by atoms with Crippen molar-refractivity contribution in [2.24, 2.45) is 12.9 Å². The molecule has 0 aliphatic heterocycles. The first-order valence-corrected chi connectivity index (χ1v) is 5.65. The van der Waals surface area contributed by atoms with E-state index < -0.39 is 0 Å². The van der Waals surface area contributed by atoms with Crippen molar-refractivity contribution in [2.75, 3.05) is 5.43 Å². The van der Waals surface area contributed by atoms with Crippen LogP contribution in [0.4, 0.5) is 5.82 Å². The molecule has 7 heteroatoms. The van der Waals surface area contributed by atoms with E-state index in [2.05, 4.69) is 20.5 Å². The van der Waals surface area contributed by atoms with Crippen molar-refractivity contribution in [3.05, 3.63) is 36.9 Å². The molecule has 3 aromatic rings. The first kappa shape index (κ1) is 11.4. The van der Waals surface area contributed by atoms with E-state index in [4.69, 9.17) is 10.3 Å². The first-order chi connectivity index (χ1) is 9.26. The van der Waals surface area contributed by atoms with Crippen LogP contribution in [0.15, 0.2) is 41.3 Å². The molecule has 3 heterocycles. The first-order valence-electron chi connectivity index (χ1n) is 5.65. The van der Waals surface area contributed by atoms with E-state index in [1.807, 2.05) is 13.2 Å². The Bertz CT molecular complexity index is 688. The molecule has 0 atom stereocenters. The minimum Gasteiger partial charge on any atom is -0.461 e. The van der Waals surface area contributed by atoms with Crippen molar-refractivity contribution in [3.63, 3.8) is 0 Å². The molecule has 3 aromatic heterocycles. The lowest BCUT2D eigenvalue weighted by Gasteiger charge is -2.04. The predicted molar refractivity (Wildman–Crippen MR) is 69.7 cm³/mol. The van der Waals surface area contributed by atoms with Gasteiger partial charge in [0.2, 0.25) is 0 Å². The molecule has 3 N–H and O–H groups in total. The molecular weight excluding hydrogens is 244 g/mol. The molecule has 19 heavy (non-hydrogen) atoms. The Morgan fingerprint density at radius 3 is 2.89 bits per heavy atom. The Morgan fingerprint density at radius 2 is 2.26 bits per heavy atom. The number of nitrogen functional groups attached to an aromatic ring is 1. The SMILES string of the molecule is Cn1cc(-c2cc(NN)nc(-c3ccco3)n2)cn1. The molecule has 0 aromatic carbocycles. The van der Waals surface area contributed by atoms with Crippen molar-refractivity contribution in [3.8, 4) is 22.8 Å². The normalized spacial score (nSPS) is 10.6. The van der Waals surface area contributed by atoms with Crippen molar-refractivity contribution < 1.29 is 4.42 Å². The molecule has 0 spiro atoms. The average Bonchev–Trinajstić information content (AvgIpc) is 3.09. The maximum atomic E-state index is 5.43. The zero-order valence-electron chi connectivity index (χ0n) is 10.2. The van der Waals surface area contributed by atoms with E-state index in [9.17, 15) is 0 Å². The van der Waals surface area contributed by atoms with Gasteiger partial charge in [0.25, 0.3) is 0 Å². The zero-order valence-corrected chi connectivity index (χ0v) is 10.2. The van der Waals surface area contributed by atoms with Gasteiger partial charge in [-0.1, -0.05) is 0 Å². The third-order valence-electron chi connectivity index (χ3n) is 2.62. The predicted octanol–water partition coefficient (Wildman–Crippen LogP) is 1.42. The van der Waals surface area contributed by atoms with Crippen LogP contribution in [-0.2, 0) is 7.05 Å². The molecule has 0 amide bonds. The highest BCUT2D eigenvalue weighted by Gasteiger charge is 2.11. The Labute approximate surface area is 109 Å². The van der Waals surface area contributed by atoms with Gasteiger partial charge in [-0.25, -0.2) is 15.8 Å². The highest BCUT2D eigenvalue weighted by atomic mass is 16.3. The van der Waals surface area contributed by atoms with Gasteiger partial charge in [0.1, 0.15) is 5.82 Å². The smallest absolute Gasteiger partial charge is 0.198 e. The van der Waals surface area contributed by atoms with Crippen LogP contribution < -0.4 is 11.3 Å². The van der Waals surface area contributed by atoms with E-state index in [0.717, 1.165) is 11.3 Å². The number of nitrogens with two attached hydrogens (primary N) is 1. The number of aromatic nitrogens is 4. The van der Waals surface area contributed by atoms with Crippen LogP contribution in [0, 0.1) is 0 Å². The van der Waals surface area contributed by atoms with Gasteiger partial charge < -0.3 is 9.84 Å². The van der Waals surface area contributed by atoms with Crippen LogP contribution in [-0.4, -0.2) is 19.7 Å². The second kappa shape index (κ2) is 4.54. The molecule has 0 fully saturated rings. The average molecular weight is 256 g/mol. The van der Waals surface area contributed by atoms with Crippen molar-refractivity contribution in [1.29, 1.82) is 0 Å². The molecule has 96 valence electrons. The summed E-state index contributed by atoms with van der Waals surface area (Å²) < 4.78 is 7.01. The van der Waals surface area contributed by atoms with Gasteiger partial charge in [-0.2, -0.15) is 5.10 Å². The Hall–Kier alpha value is -2.67. The summed E-state index contributed by atoms with van der Waals surface area (Å²) in [6.45, 7) is 0. The lowest BCUT2D eigenvalue weighted by molar-refractivity contribution is 0.577. The number of hydrazine groups is 1. The van der Waals surface area contributed by atoms with Gasteiger partial charge in [0.05, 0.1) is 18.2 Å². The summed E-state index contributed by atoms with van der Waals surface area (Å²) >= 11 is 0. The van der Waals surface area contributed by atoms with Crippen LogP contribution in [0.1, 0.15) is 0 Å². The number of anilines is 1. The summed E-state index contributed by atoms with van der Waals surface area (Å²) in [4.78, 5) is 8.71. The van der Waals surface area contributed by atoms with Crippen LogP contribution in [0.2, 0.25) is 0 Å². The van der Waals surface area contributed by atoms with Crippen LogP contribution in [0.25, 0.3) is 22.8 Å². The fourth-order valence-corrected chi connectivity index (χ4v) is 1.74. The van der Waals surface area contributed by atoms with Gasteiger partial charge in [-0.05, 0) is 12.1 Å². The summed E-state index contributed by atoms with van der Waals surface area (Å²) in [5, 5.41) is 4.12. The summed E-state index contributed by atoms with van der Waals surface area (Å²) in [5.74, 6) is 7.00. The lowest BCUT2D eigenvalue weighted by atomic mass is 10.2. The molecule has 0 aliphatic rings. The number of rotatable bonds is 3. The summed E-state index contributed by atoms with van der Waals surface area (Å²) in [6.07, 6.45) is 5.17. The fourth-order valence-electron chi connectivity index (χ4n) is 1.74. The van der Waals surface area contributed by atoms with Gasteiger partial charge in [0, 0.05) is 24.9 Å². The number of aryl methyl sites for hydroxylation is 1. The van der Waals surface area contributed by atoms with E-state index in [1.165, 1.54) is 0 Å². The molecule has 0 saturated carbocycles. The molecule has 0 saturated heterocycles. The minimum atomic E-state index is 0.472. The monoisotopic (exact) mass is 256 g/mol. The summed E-state index contributed by atoms with van der Waals surface area (Å²) in [7, 11) is 1.85. The highest BCUT2D eigenvalue weighted by molar-refractivity contribution is 5.64. The largest absolute Gasteiger partial charge is 0.461 e. The van der Waals surface area contributed by atoms with Crippen molar-refractivity contribution in [1.82, 2.24) is 19.7 Å². The van der Waals surface area contributed by atoms with Gasteiger partial charge >= 0.3 is 0 Å². The highest BCUT2D eigenvalue weighted by Crippen LogP contribution is 2.23. The second-order valence-corrected chi connectivity index (χ2v) is 3.99. The number of furan rings is 1. The molecule has 0 unspecified atom stereocenters. The number of nitrogens with one attached hydrogen (secondary N) is 1. The topological polar surface area (TPSA) is 94.8 Å². The molecule has 0 aliphatic carbocycles. The van der Waals surface area contributed by atoms with E-state index in [1.54, 1.807) is 35.3 Å². The fraction of sp³-hybridized carbons (Fsp3) is 0.0833. The van der Waals surface area contributed by atoms with Gasteiger partial charge in [-0.3, -0.25) is 4.68 Å². The number of nitrogens with zero attached hydrogens (tertiary/aromatic N) is 4. The second-order valence-electron chi connectivity index (χ2n) is 3.99. The molecular formula is C12H12N6O. The van der Waals surface area contributed by atoms with Crippen LogP contribution in [0.3, 0.4) is 0 Å². The van der Waals surface area contributed by atoms with E-state index in [-0.39, 0.29) is 0 Å². The Kier molecular flexibility index (Phi) is 2.73. The van der Waals surface area contributed by atoms with Gasteiger partial charge in [-0.15, -0.1) is 0 Å². The molecule has 0 radical (unpaired) electrons.